The summed E-state index contributed by atoms with van der Waals surface area (Å²) in [5.41, 5.74) is 0. The molecule has 0 bridgehead atoms. The molecule has 138 valence electrons. The molecule has 24 heavy (non-hydrogen) atoms. The van der Waals surface area contributed by atoms with E-state index in [9.17, 15) is 4.79 Å². The van der Waals surface area contributed by atoms with Gasteiger partial charge in [-0.05, 0) is 64.1 Å². The minimum absolute atomic E-state index is 0.181. The van der Waals surface area contributed by atoms with E-state index in [1.54, 1.807) is 7.05 Å². The van der Waals surface area contributed by atoms with Crippen LogP contribution in [-0.4, -0.2) is 74.5 Å². The molecule has 6 heteroatoms. The zero-order valence-corrected chi connectivity index (χ0v) is 15.5. The maximum Gasteiger partial charge on any atom is 0.241 e. The number of hydrogen-bond donors (Lipinski definition) is 2. The van der Waals surface area contributed by atoms with Gasteiger partial charge in [-0.1, -0.05) is 6.92 Å². The Balaban J connectivity index is 1.56. The Hall–Kier alpha value is -1.30. The molecular weight excluding hydrogens is 302 g/mol. The third kappa shape index (κ3) is 6.67. The Morgan fingerprint density at radius 1 is 1.08 bits per heavy atom. The lowest BCUT2D eigenvalue weighted by atomic mass is 9.99. The molecule has 0 aliphatic carbocycles. The highest BCUT2D eigenvalue weighted by Gasteiger charge is 2.17. The molecule has 2 fully saturated rings. The predicted molar refractivity (Wildman–Crippen MR) is 99.3 cm³/mol. The van der Waals surface area contributed by atoms with Crippen molar-refractivity contribution in [1.82, 2.24) is 20.4 Å². The number of carbonyl (C=O) groups excluding carboxylic acids is 1. The number of likely N-dealkylation sites (tertiary alicyclic amines) is 2. The minimum atomic E-state index is 0.181. The molecule has 0 aromatic heterocycles. The Kier molecular flexibility index (Phi) is 8.36. The first-order valence-electron chi connectivity index (χ1n) is 9.63. The average molecular weight is 338 g/mol. The number of aliphatic imine (C=N–C) groups is 1. The molecule has 0 atom stereocenters. The summed E-state index contributed by atoms with van der Waals surface area (Å²) in [4.78, 5) is 20.9. The van der Waals surface area contributed by atoms with E-state index < -0.39 is 0 Å². The average Bonchev–Trinajstić information content (AvgIpc) is 2.63. The smallest absolute Gasteiger partial charge is 0.241 e. The first-order valence-corrected chi connectivity index (χ1v) is 9.63. The summed E-state index contributed by atoms with van der Waals surface area (Å²) in [7, 11) is 1.76. The van der Waals surface area contributed by atoms with Crippen molar-refractivity contribution < 1.29 is 4.79 Å². The van der Waals surface area contributed by atoms with Crippen LogP contribution in [-0.2, 0) is 4.79 Å². The van der Waals surface area contributed by atoms with Crippen LogP contribution in [0.5, 0.6) is 0 Å². The summed E-state index contributed by atoms with van der Waals surface area (Å²) >= 11 is 0. The molecule has 1 amide bonds. The number of guanidine groups is 1. The molecule has 0 spiro atoms. The van der Waals surface area contributed by atoms with Crippen LogP contribution in [0.4, 0.5) is 0 Å². The first kappa shape index (κ1) is 19.0. The molecule has 0 unspecified atom stereocenters. The molecule has 0 aromatic rings. The van der Waals surface area contributed by atoms with E-state index in [1.807, 2.05) is 4.90 Å². The molecule has 0 radical (unpaired) electrons. The second-order valence-corrected chi connectivity index (χ2v) is 7.17. The second-order valence-electron chi connectivity index (χ2n) is 7.17. The molecule has 6 nitrogen and oxygen atoms in total. The van der Waals surface area contributed by atoms with Gasteiger partial charge in [-0.3, -0.25) is 9.79 Å². The van der Waals surface area contributed by atoms with Crippen LogP contribution < -0.4 is 10.6 Å². The molecule has 2 saturated heterocycles. The fourth-order valence-electron chi connectivity index (χ4n) is 3.43. The standard InChI is InChI=1S/C18H35N5O/c1-16-7-13-22(14-8-16)10-6-9-20-18(19-2)21-15-17(24)23-11-4-3-5-12-23/h16H,3-15H2,1-2H3,(H2,19,20,21). The molecular formula is C18H35N5O. The van der Waals surface area contributed by atoms with Crippen LogP contribution in [0.3, 0.4) is 0 Å². The van der Waals surface area contributed by atoms with Crippen molar-refractivity contribution >= 4 is 11.9 Å². The number of rotatable bonds is 6. The first-order chi connectivity index (χ1) is 11.7. The van der Waals surface area contributed by atoms with Gasteiger partial charge in [0.05, 0.1) is 6.54 Å². The van der Waals surface area contributed by atoms with Crippen molar-refractivity contribution in [2.75, 3.05) is 52.9 Å². The summed E-state index contributed by atoms with van der Waals surface area (Å²) in [6, 6.07) is 0. The lowest BCUT2D eigenvalue weighted by molar-refractivity contribution is -0.130. The Morgan fingerprint density at radius 2 is 1.79 bits per heavy atom. The Morgan fingerprint density at radius 3 is 2.46 bits per heavy atom. The largest absolute Gasteiger partial charge is 0.356 e. The molecule has 2 N–H and O–H groups in total. The van der Waals surface area contributed by atoms with Gasteiger partial charge in [-0.25, -0.2) is 0 Å². The highest BCUT2D eigenvalue weighted by Crippen LogP contribution is 2.15. The number of carbonyl (C=O) groups is 1. The fourth-order valence-corrected chi connectivity index (χ4v) is 3.43. The molecule has 2 aliphatic heterocycles. The van der Waals surface area contributed by atoms with Gasteiger partial charge in [0, 0.05) is 26.7 Å². The Bertz CT molecular complexity index is 398. The molecule has 0 saturated carbocycles. The van der Waals surface area contributed by atoms with Crippen molar-refractivity contribution in [2.45, 2.75) is 45.4 Å². The van der Waals surface area contributed by atoms with E-state index in [4.69, 9.17) is 0 Å². The third-order valence-electron chi connectivity index (χ3n) is 5.16. The fraction of sp³-hybridized carbons (Fsp3) is 0.889. The topological polar surface area (TPSA) is 60.0 Å². The van der Waals surface area contributed by atoms with Crippen molar-refractivity contribution in [2.24, 2.45) is 10.9 Å². The normalized spacial score (nSPS) is 20.9. The molecule has 2 heterocycles. The quantitative estimate of drug-likeness (QED) is 0.436. The maximum absolute atomic E-state index is 12.2. The van der Waals surface area contributed by atoms with Crippen molar-refractivity contribution in [1.29, 1.82) is 0 Å². The molecule has 0 aromatic carbocycles. The Labute approximate surface area is 147 Å². The van der Waals surface area contributed by atoms with E-state index in [-0.39, 0.29) is 5.91 Å². The lowest BCUT2D eigenvalue weighted by Crippen LogP contribution is -2.46. The summed E-state index contributed by atoms with van der Waals surface area (Å²) in [5, 5.41) is 6.46. The monoisotopic (exact) mass is 337 g/mol. The summed E-state index contributed by atoms with van der Waals surface area (Å²) in [6.07, 6.45) is 7.28. The molecule has 2 rings (SSSR count). The van der Waals surface area contributed by atoms with Crippen LogP contribution in [0, 0.1) is 5.92 Å². The number of piperidine rings is 2. The van der Waals surface area contributed by atoms with Crippen LogP contribution >= 0.6 is 0 Å². The summed E-state index contributed by atoms with van der Waals surface area (Å²) < 4.78 is 0. The number of nitrogens with one attached hydrogen (secondary N) is 2. The zero-order valence-electron chi connectivity index (χ0n) is 15.5. The maximum atomic E-state index is 12.2. The van der Waals surface area contributed by atoms with Gasteiger partial charge in [0.15, 0.2) is 5.96 Å². The van der Waals surface area contributed by atoms with Crippen LogP contribution in [0.1, 0.15) is 45.4 Å². The SMILES string of the molecule is CN=C(NCCCN1CCC(C)CC1)NCC(=O)N1CCCCC1. The van der Waals surface area contributed by atoms with Gasteiger partial charge in [0.1, 0.15) is 0 Å². The van der Waals surface area contributed by atoms with Gasteiger partial charge in [-0.2, -0.15) is 0 Å². The van der Waals surface area contributed by atoms with Gasteiger partial charge in [0.2, 0.25) is 5.91 Å². The van der Waals surface area contributed by atoms with Crippen molar-refractivity contribution in [3.63, 3.8) is 0 Å². The van der Waals surface area contributed by atoms with Crippen LogP contribution in [0.2, 0.25) is 0 Å². The van der Waals surface area contributed by atoms with E-state index in [2.05, 4.69) is 27.4 Å². The van der Waals surface area contributed by atoms with Gasteiger partial charge < -0.3 is 20.4 Å². The van der Waals surface area contributed by atoms with Gasteiger partial charge >= 0.3 is 0 Å². The summed E-state index contributed by atoms with van der Waals surface area (Å²) in [6.45, 7) is 9.00. The number of nitrogens with zero attached hydrogens (tertiary/aromatic N) is 3. The number of amides is 1. The van der Waals surface area contributed by atoms with Crippen LogP contribution in [0.15, 0.2) is 4.99 Å². The van der Waals surface area contributed by atoms with Crippen molar-refractivity contribution in [3.8, 4) is 0 Å². The summed E-state index contributed by atoms with van der Waals surface area (Å²) in [5.74, 6) is 1.80. The van der Waals surface area contributed by atoms with Gasteiger partial charge in [-0.15, -0.1) is 0 Å². The minimum Gasteiger partial charge on any atom is -0.356 e. The zero-order chi connectivity index (χ0) is 17.2. The number of hydrogen-bond acceptors (Lipinski definition) is 3. The van der Waals surface area contributed by atoms with E-state index >= 15 is 0 Å². The van der Waals surface area contributed by atoms with E-state index in [1.165, 1.54) is 32.4 Å². The highest BCUT2D eigenvalue weighted by molar-refractivity contribution is 5.86. The van der Waals surface area contributed by atoms with Crippen molar-refractivity contribution in [3.05, 3.63) is 0 Å². The lowest BCUT2D eigenvalue weighted by Gasteiger charge is -2.30. The highest BCUT2D eigenvalue weighted by atomic mass is 16.2. The predicted octanol–water partition coefficient (Wildman–Crippen LogP) is 1.29. The van der Waals surface area contributed by atoms with Crippen LogP contribution in [0.25, 0.3) is 0 Å². The van der Waals surface area contributed by atoms with E-state index in [0.29, 0.717) is 6.54 Å². The molecule has 2 aliphatic rings. The van der Waals surface area contributed by atoms with E-state index in [0.717, 1.165) is 57.3 Å². The second kappa shape index (κ2) is 10.5. The third-order valence-corrected chi connectivity index (χ3v) is 5.16. The van der Waals surface area contributed by atoms with Gasteiger partial charge in [0.25, 0.3) is 0 Å².